The molecule has 1 amide bonds. The zero-order valence-electron chi connectivity index (χ0n) is 11.5. The van der Waals surface area contributed by atoms with Crippen LogP contribution in [0.3, 0.4) is 0 Å². The molecule has 1 aliphatic rings. The van der Waals surface area contributed by atoms with Crippen LogP contribution >= 0.6 is 11.8 Å². The van der Waals surface area contributed by atoms with Gasteiger partial charge in [0.25, 0.3) is 5.69 Å². The van der Waals surface area contributed by atoms with Crippen LogP contribution in [-0.2, 0) is 16.0 Å². The fraction of sp³-hybridized carbons (Fsp3) is 0.385. The van der Waals surface area contributed by atoms with Gasteiger partial charge < -0.3 is 10.4 Å². The SMILES string of the molecule is CC(C)(Sc1cc2c(cc1[N+](=O)[O-])NC(=O)CC2)C(=O)O. The van der Waals surface area contributed by atoms with Crippen LogP contribution in [0.2, 0.25) is 0 Å². The predicted octanol–water partition coefficient (Wildman–Crippen LogP) is 2.43. The highest BCUT2D eigenvalue weighted by Crippen LogP contribution is 2.41. The number of amides is 1. The summed E-state index contributed by atoms with van der Waals surface area (Å²) >= 11 is 0.929. The highest BCUT2D eigenvalue weighted by Gasteiger charge is 2.32. The molecule has 0 saturated carbocycles. The Morgan fingerprint density at radius 1 is 1.43 bits per heavy atom. The molecule has 8 heteroatoms. The first-order valence-corrected chi connectivity index (χ1v) is 7.06. The van der Waals surface area contributed by atoms with Crippen LogP contribution < -0.4 is 5.32 Å². The van der Waals surface area contributed by atoms with Gasteiger partial charge in [-0.25, -0.2) is 0 Å². The zero-order valence-corrected chi connectivity index (χ0v) is 12.3. The molecule has 0 spiro atoms. The molecule has 2 rings (SSSR count). The summed E-state index contributed by atoms with van der Waals surface area (Å²) in [7, 11) is 0. The minimum absolute atomic E-state index is 0.178. The number of carbonyl (C=O) groups excluding carboxylic acids is 1. The van der Waals surface area contributed by atoms with Crippen molar-refractivity contribution in [2.24, 2.45) is 0 Å². The molecule has 0 unspecified atom stereocenters. The van der Waals surface area contributed by atoms with E-state index in [2.05, 4.69) is 5.32 Å². The number of hydrogen-bond acceptors (Lipinski definition) is 5. The van der Waals surface area contributed by atoms with E-state index in [0.29, 0.717) is 23.4 Å². The second-order valence-electron chi connectivity index (χ2n) is 5.20. The number of aliphatic carboxylic acids is 1. The van der Waals surface area contributed by atoms with Gasteiger partial charge >= 0.3 is 5.97 Å². The number of carboxylic acid groups (broad SMARTS) is 1. The van der Waals surface area contributed by atoms with Crippen LogP contribution in [0.4, 0.5) is 11.4 Å². The number of hydrogen-bond donors (Lipinski definition) is 2. The summed E-state index contributed by atoms with van der Waals surface area (Å²) in [4.78, 5) is 33.4. The summed E-state index contributed by atoms with van der Waals surface area (Å²) in [6, 6.07) is 2.90. The van der Waals surface area contributed by atoms with Crippen LogP contribution in [0.1, 0.15) is 25.8 Å². The Morgan fingerprint density at radius 2 is 2.10 bits per heavy atom. The van der Waals surface area contributed by atoms with E-state index in [-0.39, 0.29) is 11.6 Å². The van der Waals surface area contributed by atoms with Crippen molar-refractivity contribution in [3.05, 3.63) is 27.8 Å². The first-order valence-electron chi connectivity index (χ1n) is 6.24. The molecule has 0 aromatic heterocycles. The van der Waals surface area contributed by atoms with E-state index in [1.807, 2.05) is 0 Å². The third-order valence-electron chi connectivity index (χ3n) is 3.16. The molecule has 1 aliphatic heterocycles. The van der Waals surface area contributed by atoms with Crippen molar-refractivity contribution in [2.45, 2.75) is 36.3 Å². The maximum absolute atomic E-state index is 11.3. The van der Waals surface area contributed by atoms with Crippen LogP contribution in [0.5, 0.6) is 0 Å². The number of carboxylic acids is 1. The minimum Gasteiger partial charge on any atom is -0.480 e. The maximum atomic E-state index is 11.3. The maximum Gasteiger partial charge on any atom is 0.319 e. The summed E-state index contributed by atoms with van der Waals surface area (Å²) in [5, 5.41) is 22.9. The molecule has 0 radical (unpaired) electrons. The highest BCUT2D eigenvalue weighted by molar-refractivity contribution is 8.01. The summed E-state index contributed by atoms with van der Waals surface area (Å²) < 4.78 is -1.18. The molecular weight excluding hydrogens is 296 g/mol. The lowest BCUT2D eigenvalue weighted by Crippen LogP contribution is -2.27. The molecule has 7 nitrogen and oxygen atoms in total. The number of carbonyl (C=O) groups is 2. The Labute approximate surface area is 124 Å². The first-order chi connectivity index (χ1) is 9.70. The number of rotatable bonds is 4. The van der Waals surface area contributed by atoms with Gasteiger partial charge in [0.15, 0.2) is 0 Å². The van der Waals surface area contributed by atoms with Crippen molar-refractivity contribution >= 4 is 35.0 Å². The van der Waals surface area contributed by atoms with Gasteiger partial charge in [0, 0.05) is 12.5 Å². The number of thioether (sulfide) groups is 1. The first kappa shape index (κ1) is 15.3. The van der Waals surface area contributed by atoms with E-state index in [0.717, 1.165) is 17.3 Å². The van der Waals surface area contributed by atoms with E-state index >= 15 is 0 Å². The van der Waals surface area contributed by atoms with E-state index in [1.54, 1.807) is 6.07 Å². The van der Waals surface area contributed by atoms with E-state index < -0.39 is 15.6 Å². The third kappa shape index (κ3) is 3.15. The number of fused-ring (bicyclic) bond motifs is 1. The Kier molecular flexibility index (Phi) is 3.91. The quantitative estimate of drug-likeness (QED) is 0.502. The number of benzene rings is 1. The van der Waals surface area contributed by atoms with Crippen LogP contribution in [0.15, 0.2) is 17.0 Å². The number of anilines is 1. The molecule has 0 fully saturated rings. The van der Waals surface area contributed by atoms with Crippen molar-refractivity contribution in [1.82, 2.24) is 0 Å². The topological polar surface area (TPSA) is 110 Å². The lowest BCUT2D eigenvalue weighted by molar-refractivity contribution is -0.387. The molecule has 1 aromatic carbocycles. The number of aryl methyl sites for hydroxylation is 1. The smallest absolute Gasteiger partial charge is 0.319 e. The molecule has 0 aliphatic carbocycles. The number of nitrogens with zero attached hydrogens (tertiary/aromatic N) is 1. The Hall–Kier alpha value is -2.09. The van der Waals surface area contributed by atoms with Crippen LogP contribution in [-0.4, -0.2) is 26.7 Å². The second-order valence-corrected chi connectivity index (χ2v) is 6.86. The van der Waals surface area contributed by atoms with Gasteiger partial charge in [-0.3, -0.25) is 19.7 Å². The Morgan fingerprint density at radius 3 is 2.67 bits per heavy atom. The molecule has 0 atom stereocenters. The number of nitro groups is 1. The summed E-state index contributed by atoms with van der Waals surface area (Å²) in [5.41, 5.74) is 1.01. The number of nitrogens with one attached hydrogen (secondary N) is 1. The van der Waals surface area contributed by atoms with Gasteiger partial charge in [-0.15, -0.1) is 11.8 Å². The summed E-state index contributed by atoms with van der Waals surface area (Å²) in [6.07, 6.45) is 0.803. The van der Waals surface area contributed by atoms with Crippen molar-refractivity contribution in [3.8, 4) is 0 Å². The van der Waals surface area contributed by atoms with Crippen molar-refractivity contribution in [1.29, 1.82) is 0 Å². The molecule has 0 saturated heterocycles. The van der Waals surface area contributed by atoms with Crippen molar-refractivity contribution < 1.29 is 19.6 Å². The third-order valence-corrected chi connectivity index (χ3v) is 4.39. The van der Waals surface area contributed by atoms with Crippen LogP contribution in [0, 0.1) is 10.1 Å². The normalized spacial score (nSPS) is 14.3. The van der Waals surface area contributed by atoms with Crippen molar-refractivity contribution in [2.75, 3.05) is 5.32 Å². The van der Waals surface area contributed by atoms with Gasteiger partial charge in [-0.1, -0.05) is 0 Å². The standard InChI is InChI=1S/C13H14N2O5S/c1-13(2,12(17)18)21-10-5-7-3-4-11(16)14-8(7)6-9(10)15(19)20/h5-6H,3-4H2,1-2H3,(H,14,16)(H,17,18). The summed E-state index contributed by atoms with van der Waals surface area (Å²) in [6.45, 7) is 2.98. The van der Waals surface area contributed by atoms with Crippen molar-refractivity contribution in [3.63, 3.8) is 0 Å². The monoisotopic (exact) mass is 310 g/mol. The molecule has 21 heavy (non-hydrogen) atoms. The van der Waals surface area contributed by atoms with Gasteiger partial charge in [0.05, 0.1) is 15.5 Å². The van der Waals surface area contributed by atoms with E-state index in [4.69, 9.17) is 5.11 Å². The van der Waals surface area contributed by atoms with E-state index in [9.17, 15) is 19.7 Å². The molecule has 1 aromatic rings. The predicted molar refractivity (Wildman–Crippen MR) is 77.6 cm³/mol. The van der Waals surface area contributed by atoms with Gasteiger partial charge in [-0.2, -0.15) is 0 Å². The molecule has 1 heterocycles. The Balaban J connectivity index is 2.47. The fourth-order valence-electron chi connectivity index (χ4n) is 1.94. The zero-order chi connectivity index (χ0) is 15.8. The summed E-state index contributed by atoms with van der Waals surface area (Å²) in [5.74, 6) is -1.23. The minimum atomic E-state index is -1.18. The van der Waals surface area contributed by atoms with Crippen LogP contribution in [0.25, 0.3) is 0 Å². The van der Waals surface area contributed by atoms with Gasteiger partial charge in [0.2, 0.25) is 5.91 Å². The van der Waals surface area contributed by atoms with Gasteiger partial charge in [-0.05, 0) is 31.9 Å². The highest BCUT2D eigenvalue weighted by atomic mass is 32.2. The fourth-order valence-corrected chi connectivity index (χ4v) is 3.01. The van der Waals surface area contributed by atoms with Gasteiger partial charge in [0.1, 0.15) is 4.75 Å². The molecule has 2 N–H and O–H groups in total. The molecule has 112 valence electrons. The molecular formula is C13H14N2O5S. The average molecular weight is 310 g/mol. The largest absolute Gasteiger partial charge is 0.480 e. The molecule has 0 bridgehead atoms. The Bertz CT molecular complexity index is 642. The lowest BCUT2D eigenvalue weighted by Gasteiger charge is -2.21. The lowest BCUT2D eigenvalue weighted by atomic mass is 10.0. The van der Waals surface area contributed by atoms with E-state index in [1.165, 1.54) is 19.9 Å². The average Bonchev–Trinajstić information content (AvgIpc) is 2.37. The second kappa shape index (κ2) is 5.36. The number of nitro benzene ring substituents is 1.